The fourth-order valence-corrected chi connectivity index (χ4v) is 3.82. The number of benzene rings is 1. The van der Waals surface area contributed by atoms with Gasteiger partial charge in [0, 0.05) is 31.3 Å². The lowest BCUT2D eigenvalue weighted by Gasteiger charge is -2.43. The highest BCUT2D eigenvalue weighted by molar-refractivity contribution is 5.36. The molecule has 3 rings (SSSR count). The fourth-order valence-electron chi connectivity index (χ4n) is 3.82. The van der Waals surface area contributed by atoms with Gasteiger partial charge in [-0.1, -0.05) is 19.1 Å². The average Bonchev–Trinajstić information content (AvgIpc) is 2.56. The van der Waals surface area contributed by atoms with Gasteiger partial charge < -0.3 is 4.74 Å². The van der Waals surface area contributed by atoms with Crippen LogP contribution in [0.15, 0.2) is 24.3 Å². The first-order valence-corrected chi connectivity index (χ1v) is 8.15. The van der Waals surface area contributed by atoms with Crippen molar-refractivity contribution < 1.29 is 9.66 Å². The van der Waals surface area contributed by atoms with Crippen LogP contribution in [0.5, 0.6) is 0 Å². The molecule has 0 unspecified atom stereocenters. The Labute approximate surface area is 131 Å². The molecule has 22 heavy (non-hydrogen) atoms. The highest BCUT2D eigenvalue weighted by Gasteiger charge is 2.35. The zero-order valence-electron chi connectivity index (χ0n) is 13.2. The van der Waals surface area contributed by atoms with E-state index < -0.39 is 0 Å². The van der Waals surface area contributed by atoms with Crippen molar-refractivity contribution in [3.8, 4) is 0 Å². The zero-order valence-corrected chi connectivity index (χ0v) is 13.2. The summed E-state index contributed by atoms with van der Waals surface area (Å²) >= 11 is 0. The molecule has 1 heterocycles. The van der Waals surface area contributed by atoms with E-state index in [9.17, 15) is 10.1 Å². The van der Waals surface area contributed by atoms with Gasteiger partial charge in [-0.25, -0.2) is 0 Å². The van der Waals surface area contributed by atoms with Gasteiger partial charge in [0.05, 0.1) is 18.1 Å². The highest BCUT2D eigenvalue weighted by atomic mass is 16.6. The van der Waals surface area contributed by atoms with E-state index >= 15 is 0 Å². The van der Waals surface area contributed by atoms with Gasteiger partial charge in [0.1, 0.15) is 0 Å². The van der Waals surface area contributed by atoms with E-state index in [4.69, 9.17) is 4.74 Å². The second-order valence-corrected chi connectivity index (χ2v) is 6.74. The molecule has 0 bridgehead atoms. The predicted molar refractivity (Wildman–Crippen MR) is 85.1 cm³/mol. The smallest absolute Gasteiger partial charge is 0.269 e. The normalized spacial score (nSPS) is 30.1. The van der Waals surface area contributed by atoms with Crippen LogP contribution in [0.4, 0.5) is 5.69 Å². The molecule has 5 heteroatoms. The number of ether oxygens (including phenoxy) is 1. The summed E-state index contributed by atoms with van der Waals surface area (Å²) in [6, 6.07) is 7.82. The molecule has 0 aromatic heterocycles. The van der Waals surface area contributed by atoms with Crippen molar-refractivity contribution in [3.05, 3.63) is 39.9 Å². The van der Waals surface area contributed by atoms with E-state index in [-0.39, 0.29) is 16.0 Å². The Morgan fingerprint density at radius 1 is 1.18 bits per heavy atom. The molecule has 0 spiro atoms. The summed E-state index contributed by atoms with van der Waals surface area (Å²) in [7, 11) is 0. The van der Waals surface area contributed by atoms with Crippen LogP contribution in [-0.4, -0.2) is 42.2 Å². The molecule has 0 radical (unpaired) electrons. The Hall–Kier alpha value is -1.46. The molecule has 1 aromatic carbocycles. The Morgan fingerprint density at radius 2 is 1.77 bits per heavy atom. The monoisotopic (exact) mass is 304 g/mol. The van der Waals surface area contributed by atoms with Crippen LogP contribution in [0.1, 0.15) is 38.2 Å². The minimum absolute atomic E-state index is 0.151. The molecule has 2 fully saturated rings. The third-order valence-corrected chi connectivity index (χ3v) is 5.40. The first-order chi connectivity index (χ1) is 10.6. The molecule has 1 saturated carbocycles. The summed E-state index contributed by atoms with van der Waals surface area (Å²) in [5.74, 6) is 0. The number of rotatable bonds is 3. The molecule has 2 aliphatic rings. The van der Waals surface area contributed by atoms with Crippen molar-refractivity contribution in [1.29, 1.82) is 0 Å². The Kier molecular flexibility index (Phi) is 4.45. The van der Waals surface area contributed by atoms with Crippen LogP contribution in [-0.2, 0) is 10.2 Å². The van der Waals surface area contributed by atoms with Crippen molar-refractivity contribution in [2.45, 2.75) is 44.1 Å². The van der Waals surface area contributed by atoms with Gasteiger partial charge in [0.15, 0.2) is 0 Å². The molecule has 1 aliphatic carbocycles. The maximum absolute atomic E-state index is 10.8. The number of nitro benzene ring substituents is 1. The molecule has 120 valence electrons. The number of hydrogen-bond donors (Lipinski definition) is 0. The maximum Gasteiger partial charge on any atom is 0.269 e. The van der Waals surface area contributed by atoms with Gasteiger partial charge in [-0.3, -0.25) is 15.0 Å². The van der Waals surface area contributed by atoms with Crippen LogP contribution in [0, 0.1) is 10.1 Å². The Bertz CT molecular complexity index is 515. The Morgan fingerprint density at radius 3 is 2.32 bits per heavy atom. The van der Waals surface area contributed by atoms with Gasteiger partial charge in [0.2, 0.25) is 0 Å². The van der Waals surface area contributed by atoms with E-state index in [0.29, 0.717) is 6.04 Å². The predicted octanol–water partition coefficient (Wildman–Crippen LogP) is 3.13. The lowest BCUT2D eigenvalue weighted by atomic mass is 9.69. The third kappa shape index (κ3) is 3.15. The summed E-state index contributed by atoms with van der Waals surface area (Å²) in [5, 5.41) is 10.8. The molecule has 1 aromatic rings. The van der Waals surface area contributed by atoms with Gasteiger partial charge in [-0.2, -0.15) is 0 Å². The summed E-state index contributed by atoms with van der Waals surface area (Å²) in [6.07, 6.45) is 4.70. The van der Waals surface area contributed by atoms with Gasteiger partial charge in [-0.05, 0) is 36.7 Å². The van der Waals surface area contributed by atoms with Crippen LogP contribution < -0.4 is 0 Å². The van der Waals surface area contributed by atoms with E-state index in [1.54, 1.807) is 12.1 Å². The SMILES string of the molecule is CC1(c2ccc([N+](=O)[O-])cc2)CCC(N2CCOCC2)CC1. The largest absolute Gasteiger partial charge is 0.379 e. The lowest BCUT2D eigenvalue weighted by Crippen LogP contribution is -2.46. The van der Waals surface area contributed by atoms with Crippen molar-refractivity contribution in [1.82, 2.24) is 4.90 Å². The standard InChI is InChI=1S/C17H24N2O3/c1-17(14-2-4-16(5-3-14)19(20)21)8-6-15(7-9-17)18-10-12-22-13-11-18/h2-5,15H,6-13H2,1H3. The third-order valence-electron chi connectivity index (χ3n) is 5.40. The van der Waals surface area contributed by atoms with Crippen molar-refractivity contribution in [3.63, 3.8) is 0 Å². The van der Waals surface area contributed by atoms with E-state index in [1.165, 1.54) is 18.4 Å². The van der Waals surface area contributed by atoms with E-state index in [1.807, 2.05) is 12.1 Å². The second kappa shape index (κ2) is 6.34. The lowest BCUT2D eigenvalue weighted by molar-refractivity contribution is -0.384. The summed E-state index contributed by atoms with van der Waals surface area (Å²) in [6.45, 7) is 6.12. The van der Waals surface area contributed by atoms with Gasteiger partial charge in [0.25, 0.3) is 5.69 Å². The molecule has 5 nitrogen and oxygen atoms in total. The first-order valence-electron chi connectivity index (χ1n) is 8.15. The quantitative estimate of drug-likeness (QED) is 0.636. The summed E-state index contributed by atoms with van der Waals surface area (Å²) < 4.78 is 5.43. The maximum atomic E-state index is 10.8. The van der Waals surface area contributed by atoms with E-state index in [2.05, 4.69) is 11.8 Å². The molecular weight excluding hydrogens is 280 g/mol. The fraction of sp³-hybridized carbons (Fsp3) is 0.647. The highest BCUT2D eigenvalue weighted by Crippen LogP contribution is 2.40. The number of morpholine rings is 1. The Balaban J connectivity index is 1.64. The van der Waals surface area contributed by atoms with Crippen LogP contribution in [0.2, 0.25) is 0 Å². The first kappa shape index (κ1) is 15.4. The topological polar surface area (TPSA) is 55.6 Å². The van der Waals surface area contributed by atoms with Crippen LogP contribution >= 0.6 is 0 Å². The molecule has 1 aliphatic heterocycles. The molecule has 0 amide bonds. The number of nitrogens with zero attached hydrogens (tertiary/aromatic N) is 2. The molecule has 1 saturated heterocycles. The van der Waals surface area contributed by atoms with Crippen molar-refractivity contribution in [2.75, 3.05) is 26.3 Å². The summed E-state index contributed by atoms with van der Waals surface area (Å²) in [5.41, 5.74) is 1.56. The van der Waals surface area contributed by atoms with Gasteiger partial charge in [-0.15, -0.1) is 0 Å². The molecular formula is C17H24N2O3. The molecule has 0 N–H and O–H groups in total. The summed E-state index contributed by atoms with van der Waals surface area (Å²) in [4.78, 5) is 13.0. The minimum atomic E-state index is -0.332. The zero-order chi connectivity index (χ0) is 15.6. The number of non-ortho nitro benzene ring substituents is 1. The van der Waals surface area contributed by atoms with Crippen LogP contribution in [0.3, 0.4) is 0 Å². The second-order valence-electron chi connectivity index (χ2n) is 6.74. The van der Waals surface area contributed by atoms with Crippen molar-refractivity contribution >= 4 is 5.69 Å². The van der Waals surface area contributed by atoms with Crippen LogP contribution in [0.25, 0.3) is 0 Å². The number of nitro groups is 1. The number of hydrogen-bond acceptors (Lipinski definition) is 4. The van der Waals surface area contributed by atoms with Crippen molar-refractivity contribution in [2.24, 2.45) is 0 Å². The van der Waals surface area contributed by atoms with E-state index in [0.717, 1.165) is 39.1 Å². The molecule has 0 atom stereocenters. The average molecular weight is 304 g/mol. The van der Waals surface area contributed by atoms with Gasteiger partial charge >= 0.3 is 0 Å². The minimum Gasteiger partial charge on any atom is -0.379 e.